The number of hydrogen-bond donors (Lipinski definition) is 0. The number of amides is 1. The maximum absolute atomic E-state index is 12.1. The smallest absolute Gasteiger partial charge is 0.410 e. The van der Waals surface area contributed by atoms with Gasteiger partial charge in [0, 0.05) is 14.6 Å². The third-order valence-electron chi connectivity index (χ3n) is 2.40. The van der Waals surface area contributed by atoms with Gasteiger partial charge in [0.25, 0.3) is 0 Å². The molecule has 106 valence electrons. The number of rotatable bonds is 3. The second kappa shape index (κ2) is 6.92. The van der Waals surface area contributed by atoms with Crippen LogP contribution in [0.15, 0.2) is 22.7 Å². The highest BCUT2D eigenvalue weighted by molar-refractivity contribution is 14.1. The normalized spacial score (nSPS) is 11.3. The zero-order chi connectivity index (χ0) is 14.6. The van der Waals surface area contributed by atoms with Gasteiger partial charge < -0.3 is 9.64 Å². The minimum Gasteiger partial charge on any atom is -0.444 e. The Morgan fingerprint density at radius 1 is 1.42 bits per heavy atom. The minimum atomic E-state index is -0.463. The molecule has 0 unspecified atom stereocenters. The quantitative estimate of drug-likeness (QED) is 0.632. The summed E-state index contributed by atoms with van der Waals surface area (Å²) in [4.78, 5) is 13.8. The number of benzene rings is 1. The van der Waals surface area contributed by atoms with Crippen LogP contribution in [0.4, 0.5) is 4.79 Å². The number of carbonyl (C=O) groups is 1. The molecule has 0 saturated heterocycles. The molecule has 5 heteroatoms. The Morgan fingerprint density at radius 2 is 2.05 bits per heavy atom. The molecule has 0 bridgehead atoms. The second-order valence-electron chi connectivity index (χ2n) is 5.23. The first-order valence-electron chi connectivity index (χ1n) is 6.15. The van der Waals surface area contributed by atoms with E-state index in [2.05, 4.69) is 38.5 Å². The Morgan fingerprint density at radius 3 is 2.58 bits per heavy atom. The third-order valence-corrected chi connectivity index (χ3v) is 3.95. The van der Waals surface area contributed by atoms with Crippen LogP contribution in [-0.2, 0) is 11.3 Å². The first-order valence-corrected chi connectivity index (χ1v) is 8.02. The predicted molar refractivity (Wildman–Crippen MR) is 89.2 cm³/mol. The lowest BCUT2D eigenvalue weighted by Crippen LogP contribution is -2.36. The predicted octanol–water partition coefficient (Wildman–Crippen LogP) is 4.81. The van der Waals surface area contributed by atoms with E-state index in [-0.39, 0.29) is 6.09 Å². The molecule has 1 aromatic rings. The average Bonchev–Trinajstić information content (AvgIpc) is 2.27. The SMILES string of the molecule is CCN(Cc1cc(Br)ccc1I)C(=O)OC(C)(C)C. The summed E-state index contributed by atoms with van der Waals surface area (Å²) in [5.74, 6) is 0. The van der Waals surface area contributed by atoms with Crippen LogP contribution in [0.2, 0.25) is 0 Å². The van der Waals surface area contributed by atoms with Gasteiger partial charge in [0.1, 0.15) is 5.60 Å². The fraction of sp³-hybridized carbons (Fsp3) is 0.500. The van der Waals surface area contributed by atoms with Crippen LogP contribution in [-0.4, -0.2) is 23.1 Å². The first-order chi connectivity index (χ1) is 8.73. The molecule has 0 aromatic heterocycles. The molecule has 0 atom stereocenters. The van der Waals surface area contributed by atoms with E-state index >= 15 is 0 Å². The number of carbonyl (C=O) groups excluding carboxylic acids is 1. The standard InChI is InChI=1S/C14H19BrINO2/c1-5-17(13(18)19-14(2,3)4)9-10-8-11(15)6-7-12(10)16/h6-8H,5,9H2,1-4H3. The van der Waals surface area contributed by atoms with Crippen LogP contribution in [0.1, 0.15) is 33.3 Å². The number of halogens is 2. The van der Waals surface area contributed by atoms with Gasteiger partial charge in [-0.25, -0.2) is 4.79 Å². The number of hydrogen-bond acceptors (Lipinski definition) is 2. The van der Waals surface area contributed by atoms with Crippen LogP contribution < -0.4 is 0 Å². The Hall–Kier alpha value is -0.300. The van der Waals surface area contributed by atoms with Crippen LogP contribution in [0.5, 0.6) is 0 Å². The summed E-state index contributed by atoms with van der Waals surface area (Å²) < 4.78 is 7.56. The van der Waals surface area contributed by atoms with Crippen LogP contribution in [0.3, 0.4) is 0 Å². The van der Waals surface area contributed by atoms with Crippen molar-refractivity contribution >= 4 is 44.6 Å². The van der Waals surface area contributed by atoms with Crippen LogP contribution in [0, 0.1) is 3.57 Å². The Bertz CT molecular complexity index is 457. The van der Waals surface area contributed by atoms with Gasteiger partial charge in [0.2, 0.25) is 0 Å². The van der Waals surface area contributed by atoms with Gasteiger partial charge >= 0.3 is 6.09 Å². The van der Waals surface area contributed by atoms with Crippen molar-refractivity contribution in [3.05, 3.63) is 31.8 Å². The largest absolute Gasteiger partial charge is 0.444 e. The highest BCUT2D eigenvalue weighted by atomic mass is 127. The summed E-state index contributed by atoms with van der Waals surface area (Å²) in [5, 5.41) is 0. The van der Waals surface area contributed by atoms with Gasteiger partial charge in [0.15, 0.2) is 0 Å². The molecule has 0 spiro atoms. The van der Waals surface area contributed by atoms with E-state index in [1.165, 1.54) is 0 Å². The van der Waals surface area contributed by atoms with Crippen LogP contribution >= 0.6 is 38.5 Å². The molecule has 19 heavy (non-hydrogen) atoms. The molecule has 0 radical (unpaired) electrons. The summed E-state index contributed by atoms with van der Waals surface area (Å²) >= 11 is 5.73. The molecule has 0 aliphatic carbocycles. The van der Waals surface area contributed by atoms with Gasteiger partial charge in [-0.3, -0.25) is 0 Å². The molecule has 1 aromatic carbocycles. The molecule has 0 aliphatic rings. The molecule has 0 fully saturated rings. The second-order valence-corrected chi connectivity index (χ2v) is 7.31. The van der Waals surface area contributed by atoms with Crippen molar-refractivity contribution in [1.82, 2.24) is 4.90 Å². The van der Waals surface area contributed by atoms with Crippen molar-refractivity contribution < 1.29 is 9.53 Å². The van der Waals surface area contributed by atoms with Crippen molar-refractivity contribution in [2.45, 2.75) is 39.8 Å². The zero-order valence-electron chi connectivity index (χ0n) is 11.7. The summed E-state index contributed by atoms with van der Waals surface area (Å²) in [6.45, 7) is 8.76. The van der Waals surface area contributed by atoms with Crippen molar-refractivity contribution in [2.75, 3.05) is 6.54 Å². The summed E-state index contributed by atoms with van der Waals surface area (Å²) in [6, 6.07) is 6.06. The van der Waals surface area contributed by atoms with E-state index in [9.17, 15) is 4.79 Å². The van der Waals surface area contributed by atoms with Gasteiger partial charge in [0.05, 0.1) is 6.54 Å². The highest BCUT2D eigenvalue weighted by Crippen LogP contribution is 2.21. The zero-order valence-corrected chi connectivity index (χ0v) is 15.4. The van der Waals surface area contributed by atoms with E-state index in [1.807, 2.05) is 45.9 Å². The lowest BCUT2D eigenvalue weighted by atomic mass is 10.2. The van der Waals surface area contributed by atoms with Gasteiger partial charge in [-0.15, -0.1) is 0 Å². The monoisotopic (exact) mass is 439 g/mol. The minimum absolute atomic E-state index is 0.272. The van der Waals surface area contributed by atoms with Gasteiger partial charge in [-0.2, -0.15) is 0 Å². The van der Waals surface area contributed by atoms with Crippen molar-refractivity contribution in [3.8, 4) is 0 Å². The topological polar surface area (TPSA) is 29.5 Å². The molecular weight excluding hydrogens is 421 g/mol. The molecule has 1 amide bonds. The van der Waals surface area contributed by atoms with Crippen molar-refractivity contribution in [1.29, 1.82) is 0 Å². The number of nitrogens with zero attached hydrogens (tertiary/aromatic N) is 1. The highest BCUT2D eigenvalue weighted by Gasteiger charge is 2.21. The van der Waals surface area contributed by atoms with E-state index < -0.39 is 5.60 Å². The van der Waals surface area contributed by atoms with E-state index in [0.29, 0.717) is 13.1 Å². The molecular formula is C14H19BrINO2. The number of ether oxygens (including phenoxy) is 1. The Labute approximate surface area is 137 Å². The lowest BCUT2D eigenvalue weighted by molar-refractivity contribution is 0.0244. The molecule has 0 N–H and O–H groups in total. The van der Waals surface area contributed by atoms with Crippen molar-refractivity contribution in [2.24, 2.45) is 0 Å². The molecule has 0 aliphatic heterocycles. The molecule has 3 nitrogen and oxygen atoms in total. The fourth-order valence-corrected chi connectivity index (χ4v) is 2.42. The van der Waals surface area contributed by atoms with Gasteiger partial charge in [-0.1, -0.05) is 15.9 Å². The molecule has 0 saturated carbocycles. The van der Waals surface area contributed by atoms with E-state index in [1.54, 1.807) is 4.90 Å². The van der Waals surface area contributed by atoms with E-state index in [0.717, 1.165) is 13.6 Å². The summed E-state index contributed by atoms with van der Waals surface area (Å²) in [5.41, 5.74) is 0.650. The average molecular weight is 440 g/mol. The maximum atomic E-state index is 12.1. The Kier molecular flexibility index (Phi) is 6.11. The maximum Gasteiger partial charge on any atom is 0.410 e. The fourth-order valence-electron chi connectivity index (χ4n) is 1.50. The van der Waals surface area contributed by atoms with Crippen LogP contribution in [0.25, 0.3) is 0 Å². The molecule has 0 heterocycles. The lowest BCUT2D eigenvalue weighted by Gasteiger charge is -2.27. The summed E-state index contributed by atoms with van der Waals surface area (Å²) in [7, 11) is 0. The van der Waals surface area contributed by atoms with Crippen molar-refractivity contribution in [3.63, 3.8) is 0 Å². The van der Waals surface area contributed by atoms with Gasteiger partial charge in [-0.05, 0) is 74.0 Å². The third kappa shape index (κ3) is 5.69. The molecule has 1 rings (SSSR count). The van der Waals surface area contributed by atoms with E-state index in [4.69, 9.17) is 4.74 Å². The summed E-state index contributed by atoms with van der Waals surface area (Å²) in [6.07, 6.45) is -0.272. The Balaban J connectivity index is 2.82. The first kappa shape index (κ1) is 16.8.